The number of ether oxygens (including phenoxy) is 2. The van der Waals surface area contributed by atoms with E-state index in [1.807, 2.05) is 6.92 Å². The van der Waals surface area contributed by atoms with Crippen molar-refractivity contribution in [2.75, 3.05) is 17.4 Å². The smallest absolute Gasteiger partial charge is 0.323 e. The van der Waals surface area contributed by atoms with E-state index in [-0.39, 0.29) is 12.5 Å². The molecule has 2 amide bonds. The van der Waals surface area contributed by atoms with E-state index in [2.05, 4.69) is 10.6 Å². The van der Waals surface area contributed by atoms with Gasteiger partial charge in [-0.1, -0.05) is 6.07 Å². The molecule has 6 heteroatoms. The molecule has 0 spiro atoms. The van der Waals surface area contributed by atoms with E-state index in [1.165, 1.54) is 0 Å². The molecule has 0 fully saturated rings. The molecular formula is C15H14N2O4. The predicted octanol–water partition coefficient (Wildman–Crippen LogP) is 3.07. The van der Waals surface area contributed by atoms with E-state index in [1.54, 1.807) is 36.4 Å². The van der Waals surface area contributed by atoms with Crippen molar-refractivity contribution < 1.29 is 19.4 Å². The molecule has 0 bridgehead atoms. The Balaban J connectivity index is 1.69. The topological polar surface area (TPSA) is 79.8 Å². The molecule has 3 N–H and O–H groups in total. The van der Waals surface area contributed by atoms with Crippen molar-refractivity contribution in [2.45, 2.75) is 6.92 Å². The lowest BCUT2D eigenvalue weighted by Gasteiger charge is -2.10. The van der Waals surface area contributed by atoms with Crippen LogP contribution >= 0.6 is 0 Å². The largest absolute Gasteiger partial charge is 0.506 e. The Hall–Kier alpha value is -2.89. The molecule has 1 aliphatic heterocycles. The third-order valence-electron chi connectivity index (χ3n) is 3.03. The summed E-state index contributed by atoms with van der Waals surface area (Å²) < 4.78 is 10.4. The molecule has 108 valence electrons. The number of hydrogen-bond acceptors (Lipinski definition) is 4. The minimum atomic E-state index is -0.451. The lowest BCUT2D eigenvalue weighted by Crippen LogP contribution is -2.19. The first-order valence-corrected chi connectivity index (χ1v) is 6.39. The number of aromatic hydroxyl groups is 1. The highest BCUT2D eigenvalue weighted by molar-refractivity contribution is 6.00. The van der Waals surface area contributed by atoms with Crippen LogP contribution in [0.5, 0.6) is 17.2 Å². The summed E-state index contributed by atoms with van der Waals surface area (Å²) in [5.41, 5.74) is 1.83. The van der Waals surface area contributed by atoms with Gasteiger partial charge < -0.3 is 25.2 Å². The van der Waals surface area contributed by atoms with Gasteiger partial charge >= 0.3 is 6.03 Å². The maximum Gasteiger partial charge on any atom is 0.323 e. The monoisotopic (exact) mass is 286 g/mol. The van der Waals surface area contributed by atoms with Gasteiger partial charge in [-0.05, 0) is 36.8 Å². The van der Waals surface area contributed by atoms with Crippen LogP contribution in [0.2, 0.25) is 0 Å². The highest BCUT2D eigenvalue weighted by Gasteiger charge is 2.14. The molecule has 0 unspecified atom stereocenters. The van der Waals surface area contributed by atoms with Crippen molar-refractivity contribution in [1.82, 2.24) is 0 Å². The van der Waals surface area contributed by atoms with E-state index in [0.29, 0.717) is 22.9 Å². The van der Waals surface area contributed by atoms with Gasteiger partial charge in [-0.15, -0.1) is 0 Å². The van der Waals surface area contributed by atoms with Crippen LogP contribution in [0.4, 0.5) is 16.2 Å². The third kappa shape index (κ3) is 2.84. The first kappa shape index (κ1) is 13.1. The van der Waals surface area contributed by atoms with E-state index >= 15 is 0 Å². The third-order valence-corrected chi connectivity index (χ3v) is 3.03. The minimum absolute atomic E-state index is 0.0239. The Morgan fingerprint density at radius 1 is 1.10 bits per heavy atom. The summed E-state index contributed by atoms with van der Waals surface area (Å²) in [4.78, 5) is 11.9. The summed E-state index contributed by atoms with van der Waals surface area (Å²) in [6.45, 7) is 2.04. The fourth-order valence-electron chi connectivity index (χ4n) is 2.01. The summed E-state index contributed by atoms with van der Waals surface area (Å²) in [5, 5.41) is 15.0. The van der Waals surface area contributed by atoms with Crippen LogP contribution in [0.25, 0.3) is 0 Å². The van der Waals surface area contributed by atoms with Crippen LogP contribution in [0.3, 0.4) is 0 Å². The van der Waals surface area contributed by atoms with Gasteiger partial charge in [-0.2, -0.15) is 0 Å². The van der Waals surface area contributed by atoms with Crippen LogP contribution in [-0.2, 0) is 0 Å². The van der Waals surface area contributed by atoms with Gasteiger partial charge in [0.05, 0.1) is 5.69 Å². The number of aryl methyl sites for hydroxylation is 1. The van der Waals surface area contributed by atoms with E-state index < -0.39 is 6.03 Å². The van der Waals surface area contributed by atoms with Gasteiger partial charge in [0.15, 0.2) is 11.5 Å². The summed E-state index contributed by atoms with van der Waals surface area (Å²) in [5.74, 6) is 1.26. The fourth-order valence-corrected chi connectivity index (χ4v) is 2.01. The number of carbonyl (C=O) groups excluding carboxylic acids is 1. The van der Waals surface area contributed by atoms with Gasteiger partial charge in [0.1, 0.15) is 5.75 Å². The number of carbonyl (C=O) groups is 1. The van der Waals surface area contributed by atoms with Crippen molar-refractivity contribution in [3.8, 4) is 17.2 Å². The predicted molar refractivity (Wildman–Crippen MR) is 78.1 cm³/mol. The van der Waals surface area contributed by atoms with Gasteiger partial charge in [0, 0.05) is 11.8 Å². The Bertz CT molecular complexity index is 700. The molecule has 0 atom stereocenters. The lowest BCUT2D eigenvalue weighted by molar-refractivity contribution is 0.174. The molecule has 0 aliphatic carbocycles. The second kappa shape index (κ2) is 5.24. The molecule has 0 saturated carbocycles. The number of rotatable bonds is 2. The van der Waals surface area contributed by atoms with Crippen LogP contribution < -0.4 is 20.1 Å². The summed E-state index contributed by atoms with van der Waals surface area (Å²) >= 11 is 0. The molecule has 0 saturated heterocycles. The standard InChI is InChI=1S/C15H14N2O4/c1-9-2-4-11(12(18)6-9)17-15(19)16-10-3-5-13-14(7-10)21-8-20-13/h2-7,18H,8H2,1H3,(H2,16,17,19). The summed E-state index contributed by atoms with van der Waals surface area (Å²) in [6.07, 6.45) is 0. The quantitative estimate of drug-likeness (QED) is 0.741. The molecule has 21 heavy (non-hydrogen) atoms. The number of benzene rings is 2. The van der Waals surface area contributed by atoms with Crippen molar-refractivity contribution in [1.29, 1.82) is 0 Å². The Kier molecular flexibility index (Phi) is 3.27. The molecule has 3 rings (SSSR count). The Morgan fingerprint density at radius 3 is 2.71 bits per heavy atom. The molecule has 0 aromatic heterocycles. The maximum absolute atomic E-state index is 11.9. The highest BCUT2D eigenvalue weighted by Crippen LogP contribution is 2.34. The Morgan fingerprint density at radius 2 is 1.90 bits per heavy atom. The van der Waals surface area contributed by atoms with Crippen LogP contribution in [0, 0.1) is 6.92 Å². The van der Waals surface area contributed by atoms with E-state index in [4.69, 9.17) is 9.47 Å². The van der Waals surface area contributed by atoms with Gasteiger partial charge in [0.25, 0.3) is 0 Å². The number of urea groups is 1. The second-order valence-electron chi connectivity index (χ2n) is 4.67. The van der Waals surface area contributed by atoms with Crippen LogP contribution in [0.15, 0.2) is 36.4 Å². The first-order valence-electron chi connectivity index (χ1n) is 6.39. The van der Waals surface area contributed by atoms with Gasteiger partial charge in [-0.25, -0.2) is 4.79 Å². The Labute approximate surface area is 121 Å². The first-order chi connectivity index (χ1) is 10.1. The highest BCUT2D eigenvalue weighted by atomic mass is 16.7. The number of phenols is 1. The number of nitrogens with one attached hydrogen (secondary N) is 2. The second-order valence-corrected chi connectivity index (χ2v) is 4.67. The van der Waals surface area contributed by atoms with Crippen molar-refractivity contribution in [2.24, 2.45) is 0 Å². The average Bonchev–Trinajstić information content (AvgIpc) is 2.89. The van der Waals surface area contributed by atoms with Crippen molar-refractivity contribution in [3.63, 3.8) is 0 Å². The minimum Gasteiger partial charge on any atom is -0.506 e. The fraction of sp³-hybridized carbons (Fsp3) is 0.133. The molecule has 1 heterocycles. The number of phenolic OH excluding ortho intramolecular Hbond substituents is 1. The zero-order valence-electron chi connectivity index (χ0n) is 11.3. The van der Waals surface area contributed by atoms with E-state index in [0.717, 1.165) is 5.56 Å². The molecule has 0 radical (unpaired) electrons. The summed E-state index contributed by atoms with van der Waals surface area (Å²) in [6, 6.07) is 9.68. The molecule has 2 aromatic carbocycles. The molecule has 2 aromatic rings. The SMILES string of the molecule is Cc1ccc(NC(=O)Nc2ccc3c(c2)OCO3)c(O)c1. The van der Waals surface area contributed by atoms with Crippen LogP contribution in [-0.4, -0.2) is 17.9 Å². The number of anilines is 2. The number of hydrogen-bond donors (Lipinski definition) is 3. The van der Waals surface area contributed by atoms with Crippen molar-refractivity contribution in [3.05, 3.63) is 42.0 Å². The number of amides is 2. The number of fused-ring (bicyclic) bond motifs is 1. The average molecular weight is 286 g/mol. The summed E-state index contributed by atoms with van der Waals surface area (Å²) in [7, 11) is 0. The van der Waals surface area contributed by atoms with Crippen LogP contribution in [0.1, 0.15) is 5.56 Å². The maximum atomic E-state index is 11.9. The zero-order valence-corrected chi connectivity index (χ0v) is 11.3. The molecular weight excluding hydrogens is 272 g/mol. The van der Waals surface area contributed by atoms with Gasteiger partial charge in [0.2, 0.25) is 6.79 Å². The molecule has 1 aliphatic rings. The van der Waals surface area contributed by atoms with Gasteiger partial charge in [-0.3, -0.25) is 0 Å². The van der Waals surface area contributed by atoms with Crippen molar-refractivity contribution >= 4 is 17.4 Å². The zero-order chi connectivity index (χ0) is 14.8. The molecule has 6 nitrogen and oxygen atoms in total. The lowest BCUT2D eigenvalue weighted by atomic mass is 10.2. The normalized spacial score (nSPS) is 12.0. The van der Waals surface area contributed by atoms with E-state index in [9.17, 15) is 9.90 Å².